The van der Waals surface area contributed by atoms with Gasteiger partial charge in [0.25, 0.3) is 0 Å². The number of hydrogen-bond acceptors (Lipinski definition) is 5. The standard InChI is InChI=1S/C32H39N3O5/c1-39-28-14-13-25-20-29(28)40-19-18-34(30(36)15-12-23-8-4-2-5-9-23)17-16-33-31(37)27-22-35(21-26(25)27)32(38)24-10-6-3-7-11-24/h2,4-5,8-9,12-15,20,24,26-27H,3,6-7,10-11,16-19,21-22H2,1H3,(H,33,37)/t26-,27+/m1/s1. The van der Waals surface area contributed by atoms with Crippen LogP contribution in [0.3, 0.4) is 0 Å². The Kier molecular flexibility index (Phi) is 9.04. The van der Waals surface area contributed by atoms with Gasteiger partial charge in [-0.25, -0.2) is 0 Å². The number of hydrogen-bond donors (Lipinski definition) is 1. The fourth-order valence-electron chi connectivity index (χ4n) is 6.11. The third-order valence-electron chi connectivity index (χ3n) is 8.37. The number of fused-ring (bicyclic) bond motifs is 4. The van der Waals surface area contributed by atoms with Gasteiger partial charge in [-0.05, 0) is 42.2 Å². The third-order valence-corrected chi connectivity index (χ3v) is 8.37. The summed E-state index contributed by atoms with van der Waals surface area (Å²) in [7, 11) is 1.59. The van der Waals surface area contributed by atoms with E-state index in [0.29, 0.717) is 44.2 Å². The molecule has 1 saturated carbocycles. The number of methoxy groups -OCH3 is 1. The molecule has 8 heteroatoms. The fourth-order valence-corrected chi connectivity index (χ4v) is 6.11. The molecule has 40 heavy (non-hydrogen) atoms. The largest absolute Gasteiger partial charge is 0.493 e. The number of amides is 3. The number of nitrogens with one attached hydrogen (secondary N) is 1. The molecule has 212 valence electrons. The second kappa shape index (κ2) is 13.0. The normalized spacial score (nSPS) is 22.4. The monoisotopic (exact) mass is 545 g/mol. The molecular weight excluding hydrogens is 506 g/mol. The molecule has 2 fully saturated rings. The van der Waals surface area contributed by atoms with Crippen LogP contribution in [0.2, 0.25) is 0 Å². The summed E-state index contributed by atoms with van der Waals surface area (Å²) in [6.07, 6.45) is 8.57. The van der Waals surface area contributed by atoms with E-state index in [2.05, 4.69) is 5.32 Å². The molecule has 0 radical (unpaired) electrons. The van der Waals surface area contributed by atoms with E-state index in [-0.39, 0.29) is 42.1 Å². The molecule has 1 aliphatic carbocycles. The molecule has 8 nitrogen and oxygen atoms in total. The van der Waals surface area contributed by atoms with E-state index < -0.39 is 0 Å². The Balaban J connectivity index is 1.36. The summed E-state index contributed by atoms with van der Waals surface area (Å²) >= 11 is 0. The Labute approximate surface area is 236 Å². The highest BCUT2D eigenvalue weighted by Crippen LogP contribution is 2.39. The third kappa shape index (κ3) is 6.49. The minimum Gasteiger partial charge on any atom is -0.493 e. The predicted octanol–water partition coefficient (Wildman–Crippen LogP) is 3.87. The van der Waals surface area contributed by atoms with E-state index in [1.165, 1.54) is 6.42 Å². The van der Waals surface area contributed by atoms with Gasteiger partial charge in [-0.3, -0.25) is 14.4 Å². The first-order chi connectivity index (χ1) is 19.5. The minimum atomic E-state index is -0.378. The van der Waals surface area contributed by atoms with Crippen LogP contribution in [0.1, 0.15) is 49.1 Å². The summed E-state index contributed by atoms with van der Waals surface area (Å²) in [5.74, 6) is 0.629. The van der Waals surface area contributed by atoms with Gasteiger partial charge in [0.05, 0.1) is 19.6 Å². The molecule has 0 spiro atoms. The van der Waals surface area contributed by atoms with E-state index in [0.717, 1.165) is 36.8 Å². The number of benzene rings is 2. The lowest BCUT2D eigenvalue weighted by Gasteiger charge is -2.26. The first-order valence-electron chi connectivity index (χ1n) is 14.4. The molecule has 1 saturated heterocycles. The fraction of sp³-hybridized carbons (Fsp3) is 0.469. The van der Waals surface area contributed by atoms with Crippen LogP contribution in [0.25, 0.3) is 6.08 Å². The lowest BCUT2D eigenvalue weighted by Crippen LogP contribution is -2.42. The van der Waals surface area contributed by atoms with E-state index >= 15 is 0 Å². The van der Waals surface area contributed by atoms with Crippen LogP contribution < -0.4 is 14.8 Å². The molecular formula is C32H39N3O5. The number of nitrogens with zero attached hydrogens (tertiary/aromatic N) is 2. The van der Waals surface area contributed by atoms with Crippen LogP contribution in [0.4, 0.5) is 0 Å². The summed E-state index contributed by atoms with van der Waals surface area (Å²) in [5.41, 5.74) is 1.89. The number of carbonyl (C=O) groups excluding carboxylic acids is 3. The van der Waals surface area contributed by atoms with Crippen LogP contribution in [0, 0.1) is 11.8 Å². The van der Waals surface area contributed by atoms with Crippen LogP contribution in [0.5, 0.6) is 11.5 Å². The van der Waals surface area contributed by atoms with Crippen molar-refractivity contribution in [2.45, 2.75) is 38.0 Å². The Bertz CT molecular complexity index is 1220. The SMILES string of the molecule is COc1ccc2cc1OCCN(C(=O)C=Cc1ccccc1)CCNC(=O)[C@H]1CN(C(=O)C3CCCCC3)C[C@H]21. The van der Waals surface area contributed by atoms with Crippen molar-refractivity contribution in [2.75, 3.05) is 46.4 Å². The van der Waals surface area contributed by atoms with Crippen LogP contribution in [-0.4, -0.2) is 74.0 Å². The quantitative estimate of drug-likeness (QED) is 0.590. The van der Waals surface area contributed by atoms with Crippen LogP contribution in [0.15, 0.2) is 54.6 Å². The number of rotatable bonds is 4. The van der Waals surface area contributed by atoms with Gasteiger partial charge in [0.2, 0.25) is 17.7 Å². The highest BCUT2D eigenvalue weighted by atomic mass is 16.5. The Hall–Kier alpha value is -3.81. The van der Waals surface area contributed by atoms with Crippen molar-refractivity contribution >= 4 is 23.8 Å². The van der Waals surface area contributed by atoms with Gasteiger partial charge in [-0.2, -0.15) is 0 Å². The molecule has 2 aromatic carbocycles. The molecule has 2 aromatic rings. The molecule has 2 heterocycles. The van der Waals surface area contributed by atoms with E-state index in [1.54, 1.807) is 24.2 Å². The van der Waals surface area contributed by atoms with Crippen molar-refractivity contribution in [1.82, 2.24) is 15.1 Å². The van der Waals surface area contributed by atoms with Gasteiger partial charge in [0.1, 0.15) is 6.61 Å². The van der Waals surface area contributed by atoms with E-state index in [1.807, 2.05) is 53.4 Å². The molecule has 2 atom stereocenters. The van der Waals surface area contributed by atoms with Gasteiger partial charge < -0.3 is 24.6 Å². The van der Waals surface area contributed by atoms with Crippen LogP contribution >= 0.6 is 0 Å². The van der Waals surface area contributed by atoms with Crippen molar-refractivity contribution in [2.24, 2.45) is 11.8 Å². The molecule has 0 unspecified atom stereocenters. The maximum atomic E-state index is 13.5. The van der Waals surface area contributed by atoms with Gasteiger partial charge in [0.15, 0.2) is 11.5 Å². The average Bonchev–Trinajstić information content (AvgIpc) is 3.45. The van der Waals surface area contributed by atoms with Crippen molar-refractivity contribution in [3.05, 3.63) is 65.7 Å². The predicted molar refractivity (Wildman–Crippen MR) is 153 cm³/mol. The van der Waals surface area contributed by atoms with Crippen molar-refractivity contribution < 1.29 is 23.9 Å². The molecule has 1 N–H and O–H groups in total. The summed E-state index contributed by atoms with van der Waals surface area (Å²) in [6.45, 7) is 2.22. The second-order valence-electron chi connectivity index (χ2n) is 10.9. The van der Waals surface area contributed by atoms with Gasteiger partial charge in [-0.1, -0.05) is 55.7 Å². The van der Waals surface area contributed by atoms with Crippen molar-refractivity contribution in [3.8, 4) is 11.5 Å². The van der Waals surface area contributed by atoms with Crippen molar-refractivity contribution in [1.29, 1.82) is 0 Å². The summed E-state index contributed by atoms with van der Waals surface area (Å²) in [6, 6.07) is 15.4. The van der Waals surface area contributed by atoms with Gasteiger partial charge >= 0.3 is 0 Å². The van der Waals surface area contributed by atoms with Gasteiger partial charge in [-0.15, -0.1) is 0 Å². The summed E-state index contributed by atoms with van der Waals surface area (Å²) in [4.78, 5) is 43.6. The summed E-state index contributed by atoms with van der Waals surface area (Å²) < 4.78 is 11.7. The zero-order chi connectivity index (χ0) is 27.9. The summed E-state index contributed by atoms with van der Waals surface area (Å²) in [5, 5.41) is 3.06. The average molecular weight is 546 g/mol. The molecule has 0 aromatic heterocycles. The molecule has 2 bridgehead atoms. The maximum absolute atomic E-state index is 13.5. The lowest BCUT2D eigenvalue weighted by molar-refractivity contribution is -0.136. The first-order valence-corrected chi connectivity index (χ1v) is 14.4. The molecule has 5 rings (SSSR count). The van der Waals surface area contributed by atoms with Crippen LogP contribution in [-0.2, 0) is 14.4 Å². The second-order valence-corrected chi connectivity index (χ2v) is 10.9. The minimum absolute atomic E-state index is 0.0556. The highest BCUT2D eigenvalue weighted by molar-refractivity contribution is 5.92. The molecule has 3 aliphatic rings. The smallest absolute Gasteiger partial charge is 0.246 e. The molecule has 3 amide bonds. The zero-order valence-electron chi connectivity index (χ0n) is 23.2. The topological polar surface area (TPSA) is 88.2 Å². The van der Waals surface area contributed by atoms with Crippen molar-refractivity contribution in [3.63, 3.8) is 0 Å². The lowest BCUT2D eigenvalue weighted by atomic mass is 9.88. The number of ether oxygens (including phenoxy) is 2. The Morgan fingerprint density at radius 2 is 1.75 bits per heavy atom. The Morgan fingerprint density at radius 3 is 2.52 bits per heavy atom. The Morgan fingerprint density at radius 1 is 0.975 bits per heavy atom. The zero-order valence-corrected chi connectivity index (χ0v) is 23.2. The maximum Gasteiger partial charge on any atom is 0.246 e. The number of likely N-dealkylation sites (tertiary alicyclic amines) is 1. The first kappa shape index (κ1) is 27.7. The van der Waals surface area contributed by atoms with E-state index in [9.17, 15) is 14.4 Å². The van der Waals surface area contributed by atoms with E-state index in [4.69, 9.17) is 9.47 Å². The number of carbonyl (C=O) groups is 3. The molecule has 2 aliphatic heterocycles. The highest BCUT2D eigenvalue weighted by Gasteiger charge is 2.42. The van der Waals surface area contributed by atoms with Gasteiger partial charge in [0, 0.05) is 44.1 Å².